The van der Waals surface area contributed by atoms with Crippen LogP contribution in [0.15, 0.2) is 47.5 Å². The van der Waals surface area contributed by atoms with Crippen LogP contribution in [0.1, 0.15) is 56.9 Å². The molecule has 2 N–H and O–H groups in total. The Morgan fingerprint density at radius 3 is 2.56 bits per heavy atom. The second-order valence-electron chi connectivity index (χ2n) is 11.7. The highest BCUT2D eigenvalue weighted by Crippen LogP contribution is 2.51. The number of carboxylic acids is 1. The number of allylic oxidation sites excluding steroid dienone is 2. The minimum Gasteiger partial charge on any atom is -0.479 e. The molecule has 1 aliphatic carbocycles. The SMILES string of the molecule is CC1=C2c3c(F)cccc3CN(S(C)(=O)=O)C2C(C)C([C@H](OC(C)(C)C)C(=O)O)=C1c1ccc2c(c1)NCC2. The molecule has 2 aromatic rings. The zero-order valence-electron chi connectivity index (χ0n) is 23.1. The van der Waals surface area contributed by atoms with Crippen molar-refractivity contribution in [3.8, 4) is 0 Å². The van der Waals surface area contributed by atoms with Crippen LogP contribution in [0.25, 0.3) is 11.1 Å². The number of carboxylic acid groups (broad SMARTS) is 1. The second kappa shape index (κ2) is 9.57. The highest BCUT2D eigenvalue weighted by molar-refractivity contribution is 7.88. The highest BCUT2D eigenvalue weighted by Gasteiger charge is 2.48. The lowest BCUT2D eigenvalue weighted by molar-refractivity contribution is -0.156. The lowest BCUT2D eigenvalue weighted by atomic mass is 9.69. The number of hydrogen-bond acceptors (Lipinski definition) is 5. The number of anilines is 1. The van der Waals surface area contributed by atoms with E-state index in [0.29, 0.717) is 33.4 Å². The van der Waals surface area contributed by atoms with Crippen molar-refractivity contribution in [3.63, 3.8) is 0 Å². The summed E-state index contributed by atoms with van der Waals surface area (Å²) in [6, 6.07) is 9.93. The van der Waals surface area contributed by atoms with E-state index in [2.05, 4.69) is 5.32 Å². The van der Waals surface area contributed by atoms with Crippen LogP contribution in [0.2, 0.25) is 0 Å². The van der Waals surface area contributed by atoms with Gasteiger partial charge in [0, 0.05) is 30.3 Å². The summed E-state index contributed by atoms with van der Waals surface area (Å²) in [7, 11) is -3.75. The minimum atomic E-state index is -3.75. The molecule has 2 aromatic carbocycles. The Morgan fingerprint density at radius 1 is 1.21 bits per heavy atom. The second-order valence-corrected chi connectivity index (χ2v) is 13.6. The van der Waals surface area contributed by atoms with Crippen LogP contribution in [0, 0.1) is 11.7 Å². The van der Waals surface area contributed by atoms with Crippen molar-refractivity contribution in [3.05, 3.63) is 75.6 Å². The molecule has 0 spiro atoms. The van der Waals surface area contributed by atoms with E-state index in [0.717, 1.165) is 30.5 Å². The maximum Gasteiger partial charge on any atom is 0.337 e. The summed E-state index contributed by atoms with van der Waals surface area (Å²) in [5.74, 6) is -2.20. The van der Waals surface area contributed by atoms with Crippen LogP contribution < -0.4 is 5.32 Å². The standard InChI is InChI=1S/C30H35FN2O5S/c1-16-23(19-11-10-18-12-13-32-22(18)14-19)25(28(29(34)35)38-30(3,4)5)17(2)27-24(16)26-20(8-7-9-21(26)31)15-33(27)39(6,36)37/h7-11,14,17,27-28,32H,12-13,15H2,1-6H3,(H,34,35)/t17?,27?,28-/m0/s1. The monoisotopic (exact) mass is 554 g/mol. The van der Waals surface area contributed by atoms with Crippen LogP contribution in [0.3, 0.4) is 0 Å². The van der Waals surface area contributed by atoms with Crippen molar-refractivity contribution in [2.24, 2.45) is 5.92 Å². The predicted molar refractivity (Wildman–Crippen MR) is 150 cm³/mol. The molecule has 0 saturated heterocycles. The average Bonchev–Trinajstić information content (AvgIpc) is 3.30. The van der Waals surface area contributed by atoms with Crippen molar-refractivity contribution in [1.29, 1.82) is 0 Å². The third-order valence-corrected chi connectivity index (χ3v) is 9.05. The highest BCUT2D eigenvalue weighted by atomic mass is 32.2. The normalized spacial score (nSPS) is 22.2. The van der Waals surface area contributed by atoms with Crippen LogP contribution >= 0.6 is 0 Å². The predicted octanol–water partition coefficient (Wildman–Crippen LogP) is 5.08. The van der Waals surface area contributed by atoms with Gasteiger partial charge in [0.15, 0.2) is 6.10 Å². The van der Waals surface area contributed by atoms with Gasteiger partial charge in [0.05, 0.1) is 17.9 Å². The number of benzene rings is 2. The molecular weight excluding hydrogens is 519 g/mol. The number of ether oxygens (including phenoxy) is 1. The molecule has 0 aromatic heterocycles. The Labute approximate surface area is 229 Å². The number of halogens is 1. The molecule has 2 aliphatic heterocycles. The van der Waals surface area contributed by atoms with Crippen LogP contribution in [-0.4, -0.2) is 54.3 Å². The summed E-state index contributed by atoms with van der Waals surface area (Å²) in [5.41, 5.74) is 5.47. The van der Waals surface area contributed by atoms with Gasteiger partial charge in [-0.05, 0) is 85.2 Å². The molecule has 2 heterocycles. The van der Waals surface area contributed by atoms with Gasteiger partial charge in [0.1, 0.15) is 5.82 Å². The Morgan fingerprint density at radius 2 is 1.92 bits per heavy atom. The quantitative estimate of drug-likeness (QED) is 0.535. The van der Waals surface area contributed by atoms with E-state index in [1.807, 2.05) is 32.0 Å². The summed E-state index contributed by atoms with van der Waals surface area (Å²) in [4.78, 5) is 12.8. The molecule has 2 unspecified atom stereocenters. The minimum absolute atomic E-state index is 0.000950. The molecule has 39 heavy (non-hydrogen) atoms. The summed E-state index contributed by atoms with van der Waals surface area (Å²) < 4.78 is 49.4. The summed E-state index contributed by atoms with van der Waals surface area (Å²) in [6.45, 7) is 9.85. The number of rotatable bonds is 5. The van der Waals surface area contributed by atoms with Gasteiger partial charge in [-0.1, -0.05) is 31.2 Å². The number of nitrogens with zero attached hydrogens (tertiary/aromatic N) is 1. The average molecular weight is 555 g/mol. The van der Waals surface area contributed by atoms with Gasteiger partial charge in [-0.25, -0.2) is 17.6 Å². The molecular formula is C30H35FN2O5S. The Bertz CT molecular complexity index is 1540. The fraction of sp³-hybridized carbons (Fsp3) is 0.433. The largest absolute Gasteiger partial charge is 0.479 e. The van der Waals surface area contributed by atoms with Gasteiger partial charge >= 0.3 is 5.97 Å². The maximum absolute atomic E-state index is 15.5. The molecule has 0 radical (unpaired) electrons. The van der Waals surface area contributed by atoms with Gasteiger partial charge in [-0.15, -0.1) is 0 Å². The Kier molecular flexibility index (Phi) is 6.76. The first-order chi connectivity index (χ1) is 18.2. The third-order valence-electron chi connectivity index (χ3n) is 7.85. The Hall–Kier alpha value is -3.01. The van der Waals surface area contributed by atoms with Gasteiger partial charge < -0.3 is 15.2 Å². The van der Waals surface area contributed by atoms with Crippen LogP contribution in [0.5, 0.6) is 0 Å². The van der Waals surface area contributed by atoms with Crippen LogP contribution in [0.4, 0.5) is 10.1 Å². The van der Waals surface area contributed by atoms with Crippen molar-refractivity contribution in [2.45, 2.75) is 65.3 Å². The van der Waals surface area contributed by atoms with Crippen molar-refractivity contribution >= 4 is 32.8 Å². The lowest BCUT2D eigenvalue weighted by Crippen LogP contribution is -2.51. The fourth-order valence-electron chi connectivity index (χ4n) is 6.34. The molecule has 0 saturated carbocycles. The van der Waals surface area contributed by atoms with E-state index in [-0.39, 0.29) is 6.54 Å². The molecule has 208 valence electrons. The summed E-state index contributed by atoms with van der Waals surface area (Å²) >= 11 is 0. The summed E-state index contributed by atoms with van der Waals surface area (Å²) in [6.07, 6.45) is 0.700. The molecule has 0 amide bonds. The summed E-state index contributed by atoms with van der Waals surface area (Å²) in [5, 5.41) is 13.8. The van der Waals surface area contributed by atoms with Gasteiger partial charge in [0.25, 0.3) is 0 Å². The van der Waals surface area contributed by atoms with E-state index in [1.54, 1.807) is 32.9 Å². The Balaban J connectivity index is 1.88. The molecule has 3 aliphatic rings. The number of sulfonamides is 1. The number of carbonyl (C=O) groups is 1. The lowest BCUT2D eigenvalue weighted by Gasteiger charge is -2.46. The number of aliphatic carboxylic acids is 1. The van der Waals surface area contributed by atoms with E-state index in [1.165, 1.54) is 15.9 Å². The molecule has 9 heteroatoms. The van der Waals surface area contributed by atoms with Gasteiger partial charge in [-0.2, -0.15) is 4.31 Å². The number of hydrogen-bond donors (Lipinski definition) is 2. The van der Waals surface area contributed by atoms with Gasteiger partial charge in [0.2, 0.25) is 10.0 Å². The molecule has 3 atom stereocenters. The number of nitrogens with one attached hydrogen (secondary N) is 1. The van der Waals surface area contributed by atoms with Crippen molar-refractivity contribution in [2.75, 3.05) is 18.1 Å². The molecule has 7 nitrogen and oxygen atoms in total. The smallest absolute Gasteiger partial charge is 0.337 e. The van der Waals surface area contributed by atoms with Crippen LogP contribution in [-0.2, 0) is 32.5 Å². The molecule has 0 fully saturated rings. The number of fused-ring (bicyclic) bond motifs is 4. The first kappa shape index (κ1) is 27.6. The molecule has 5 rings (SSSR count). The zero-order chi connectivity index (χ0) is 28.4. The topological polar surface area (TPSA) is 95.9 Å². The maximum atomic E-state index is 15.5. The van der Waals surface area contributed by atoms with E-state index in [4.69, 9.17) is 4.74 Å². The van der Waals surface area contributed by atoms with E-state index < -0.39 is 45.5 Å². The third kappa shape index (κ3) is 4.81. The van der Waals surface area contributed by atoms with Crippen molar-refractivity contribution < 1.29 is 27.4 Å². The molecule has 0 bridgehead atoms. The van der Waals surface area contributed by atoms with E-state index in [9.17, 15) is 18.3 Å². The van der Waals surface area contributed by atoms with Crippen molar-refractivity contribution in [1.82, 2.24) is 4.31 Å². The van der Waals surface area contributed by atoms with E-state index >= 15 is 4.39 Å². The van der Waals surface area contributed by atoms with Gasteiger partial charge in [-0.3, -0.25) is 0 Å². The zero-order valence-corrected chi connectivity index (χ0v) is 23.9. The fourth-order valence-corrected chi connectivity index (χ4v) is 7.42. The first-order valence-corrected chi connectivity index (χ1v) is 15.0. The first-order valence-electron chi connectivity index (χ1n) is 13.2.